The lowest BCUT2D eigenvalue weighted by atomic mass is 10.1. The number of nitrogens with one attached hydrogen (secondary N) is 2. The van der Waals surface area contributed by atoms with Crippen LogP contribution in [0.3, 0.4) is 0 Å². The van der Waals surface area contributed by atoms with Crippen LogP contribution in [0.4, 0.5) is 4.79 Å². The van der Waals surface area contributed by atoms with Crippen molar-refractivity contribution in [1.82, 2.24) is 10.6 Å². The van der Waals surface area contributed by atoms with Gasteiger partial charge in [0, 0.05) is 13.6 Å². The Morgan fingerprint density at radius 2 is 1.92 bits per heavy atom. The van der Waals surface area contributed by atoms with Crippen molar-refractivity contribution in [2.75, 3.05) is 13.6 Å². The van der Waals surface area contributed by atoms with Gasteiger partial charge in [-0.05, 0) is 12.3 Å². The molecule has 1 unspecified atom stereocenters. The van der Waals surface area contributed by atoms with Gasteiger partial charge in [0.1, 0.15) is 0 Å². The van der Waals surface area contributed by atoms with E-state index in [9.17, 15) is 4.79 Å². The highest BCUT2D eigenvalue weighted by Crippen LogP contribution is 2.01. The molecule has 0 radical (unpaired) electrons. The molecule has 3 heteroatoms. The number of rotatable bonds is 4. The van der Waals surface area contributed by atoms with Crippen LogP contribution in [0.5, 0.6) is 0 Å². The molecule has 2 amide bonds. The number of carbonyl (C=O) groups is 1. The van der Waals surface area contributed by atoms with Gasteiger partial charge in [0.25, 0.3) is 0 Å². The molecule has 1 atom stereocenters. The first kappa shape index (κ1) is 14.8. The highest BCUT2D eigenvalue weighted by atomic mass is 16.2. The monoisotopic (exact) mass is 188 g/mol. The molecule has 0 spiro atoms. The summed E-state index contributed by atoms with van der Waals surface area (Å²) < 4.78 is 0. The molecule has 0 bridgehead atoms. The van der Waals surface area contributed by atoms with Crippen molar-refractivity contribution in [2.24, 2.45) is 5.92 Å². The van der Waals surface area contributed by atoms with Gasteiger partial charge >= 0.3 is 6.03 Å². The summed E-state index contributed by atoms with van der Waals surface area (Å²) in [6.07, 6.45) is 2.35. The molecule has 0 aliphatic heterocycles. The predicted octanol–water partition coefficient (Wildman–Crippen LogP) is 2.38. The highest BCUT2D eigenvalue weighted by Gasteiger charge is 2.01. The fraction of sp³-hybridized carbons (Fsp3) is 0.900. The van der Waals surface area contributed by atoms with E-state index in [2.05, 4.69) is 24.5 Å². The topological polar surface area (TPSA) is 41.1 Å². The molecular weight excluding hydrogens is 164 g/mol. The average Bonchev–Trinajstić information content (AvgIpc) is 2.18. The molecule has 80 valence electrons. The molecule has 0 aromatic heterocycles. The van der Waals surface area contributed by atoms with Crippen LogP contribution in [0.25, 0.3) is 0 Å². The minimum Gasteiger partial charge on any atom is -0.341 e. The SMILES string of the molecule is CC.CCCC(C)CNC(=O)NC. The molecule has 0 aromatic rings. The summed E-state index contributed by atoms with van der Waals surface area (Å²) in [5, 5.41) is 5.28. The Kier molecular flexibility index (Phi) is 12.8. The molecule has 0 saturated carbocycles. The van der Waals surface area contributed by atoms with E-state index in [1.165, 1.54) is 12.8 Å². The van der Waals surface area contributed by atoms with E-state index in [4.69, 9.17) is 0 Å². The van der Waals surface area contributed by atoms with E-state index in [0.717, 1.165) is 6.54 Å². The third kappa shape index (κ3) is 11.3. The maximum absolute atomic E-state index is 10.7. The normalized spacial score (nSPS) is 10.8. The summed E-state index contributed by atoms with van der Waals surface area (Å²) in [4.78, 5) is 10.7. The molecule has 13 heavy (non-hydrogen) atoms. The van der Waals surface area contributed by atoms with Gasteiger partial charge in [-0.1, -0.05) is 34.1 Å². The zero-order chi connectivity index (χ0) is 10.7. The zero-order valence-corrected chi connectivity index (χ0v) is 9.61. The lowest BCUT2D eigenvalue weighted by Crippen LogP contribution is -2.35. The van der Waals surface area contributed by atoms with Gasteiger partial charge in [0.2, 0.25) is 0 Å². The summed E-state index contributed by atoms with van der Waals surface area (Å²) in [5.74, 6) is 0.581. The lowest BCUT2D eigenvalue weighted by Gasteiger charge is -2.10. The molecule has 0 saturated heterocycles. The van der Waals surface area contributed by atoms with Crippen LogP contribution in [-0.4, -0.2) is 19.6 Å². The van der Waals surface area contributed by atoms with Crippen LogP contribution < -0.4 is 10.6 Å². The van der Waals surface area contributed by atoms with E-state index < -0.39 is 0 Å². The van der Waals surface area contributed by atoms with Crippen molar-refractivity contribution in [3.63, 3.8) is 0 Å². The van der Waals surface area contributed by atoms with Gasteiger partial charge in [-0.15, -0.1) is 0 Å². The van der Waals surface area contributed by atoms with Crippen molar-refractivity contribution in [3.05, 3.63) is 0 Å². The predicted molar refractivity (Wildman–Crippen MR) is 57.9 cm³/mol. The Labute approximate surface area is 82.3 Å². The minimum absolute atomic E-state index is 0.0899. The number of urea groups is 1. The molecule has 3 nitrogen and oxygen atoms in total. The summed E-state index contributed by atoms with van der Waals surface area (Å²) >= 11 is 0. The van der Waals surface area contributed by atoms with Gasteiger partial charge in [-0.25, -0.2) is 4.79 Å². The second kappa shape index (κ2) is 11.3. The molecule has 0 aromatic carbocycles. The van der Waals surface area contributed by atoms with Gasteiger partial charge in [0.15, 0.2) is 0 Å². The van der Waals surface area contributed by atoms with E-state index >= 15 is 0 Å². The molecule has 0 heterocycles. The Bertz CT molecular complexity index is 115. The first-order chi connectivity index (χ1) is 6.20. The van der Waals surface area contributed by atoms with Crippen LogP contribution in [0.2, 0.25) is 0 Å². The Balaban J connectivity index is 0. The van der Waals surface area contributed by atoms with E-state index in [1.807, 2.05) is 13.8 Å². The molecule has 0 aliphatic carbocycles. The van der Waals surface area contributed by atoms with Gasteiger partial charge in [-0.2, -0.15) is 0 Å². The van der Waals surface area contributed by atoms with Crippen LogP contribution in [0.1, 0.15) is 40.5 Å². The summed E-state index contributed by atoms with van der Waals surface area (Å²) in [5.41, 5.74) is 0. The molecule has 2 N–H and O–H groups in total. The van der Waals surface area contributed by atoms with E-state index in [-0.39, 0.29) is 6.03 Å². The number of carbonyl (C=O) groups excluding carboxylic acids is 1. The van der Waals surface area contributed by atoms with Crippen molar-refractivity contribution in [1.29, 1.82) is 0 Å². The fourth-order valence-corrected chi connectivity index (χ4v) is 0.950. The average molecular weight is 188 g/mol. The van der Waals surface area contributed by atoms with Crippen LogP contribution in [0, 0.1) is 5.92 Å². The lowest BCUT2D eigenvalue weighted by molar-refractivity contribution is 0.241. The fourth-order valence-electron chi connectivity index (χ4n) is 0.950. The second-order valence-electron chi connectivity index (χ2n) is 2.85. The van der Waals surface area contributed by atoms with Crippen molar-refractivity contribution in [2.45, 2.75) is 40.5 Å². The van der Waals surface area contributed by atoms with Crippen LogP contribution in [0.15, 0.2) is 0 Å². The van der Waals surface area contributed by atoms with Crippen LogP contribution >= 0.6 is 0 Å². The maximum Gasteiger partial charge on any atom is 0.314 e. The third-order valence-corrected chi connectivity index (χ3v) is 1.62. The minimum atomic E-state index is -0.0899. The molecular formula is C10H24N2O. The second-order valence-corrected chi connectivity index (χ2v) is 2.85. The summed E-state index contributed by atoms with van der Waals surface area (Å²) in [6, 6.07) is -0.0899. The molecule has 0 fully saturated rings. The Morgan fingerprint density at radius 1 is 1.38 bits per heavy atom. The molecule has 0 rings (SSSR count). The van der Waals surface area contributed by atoms with Gasteiger partial charge in [0.05, 0.1) is 0 Å². The largest absolute Gasteiger partial charge is 0.341 e. The van der Waals surface area contributed by atoms with Crippen molar-refractivity contribution >= 4 is 6.03 Å². The van der Waals surface area contributed by atoms with Crippen LogP contribution in [-0.2, 0) is 0 Å². The summed E-state index contributed by atoms with van der Waals surface area (Å²) in [6.45, 7) is 9.06. The third-order valence-electron chi connectivity index (χ3n) is 1.62. The smallest absolute Gasteiger partial charge is 0.314 e. The van der Waals surface area contributed by atoms with Gasteiger partial charge in [-0.3, -0.25) is 0 Å². The number of amides is 2. The first-order valence-corrected chi connectivity index (χ1v) is 5.16. The standard InChI is InChI=1S/C8H18N2O.C2H6/c1-4-5-7(2)6-10-8(11)9-3;1-2/h7H,4-6H2,1-3H3,(H2,9,10,11);1-2H3. The van der Waals surface area contributed by atoms with Crippen molar-refractivity contribution in [3.8, 4) is 0 Å². The van der Waals surface area contributed by atoms with Gasteiger partial charge < -0.3 is 10.6 Å². The quantitative estimate of drug-likeness (QED) is 0.698. The van der Waals surface area contributed by atoms with E-state index in [1.54, 1.807) is 7.05 Å². The number of hydrogen-bond acceptors (Lipinski definition) is 1. The number of hydrogen-bond donors (Lipinski definition) is 2. The highest BCUT2D eigenvalue weighted by molar-refractivity contribution is 5.73. The maximum atomic E-state index is 10.7. The summed E-state index contributed by atoms with van der Waals surface area (Å²) in [7, 11) is 1.62. The van der Waals surface area contributed by atoms with Crippen molar-refractivity contribution < 1.29 is 4.79 Å². The Morgan fingerprint density at radius 3 is 2.31 bits per heavy atom. The molecule has 0 aliphatic rings. The zero-order valence-electron chi connectivity index (χ0n) is 9.61. The van der Waals surface area contributed by atoms with E-state index in [0.29, 0.717) is 5.92 Å². The Hall–Kier alpha value is -0.730. The first-order valence-electron chi connectivity index (χ1n) is 5.16.